The maximum absolute atomic E-state index is 11.9. The fourth-order valence-corrected chi connectivity index (χ4v) is 3.02. The molecule has 0 aliphatic carbocycles. The predicted octanol–water partition coefficient (Wildman–Crippen LogP) is 4.47. The number of rotatable bonds is 5. The van der Waals surface area contributed by atoms with Gasteiger partial charge in [0.1, 0.15) is 17.4 Å². The minimum atomic E-state index is 0.0925. The van der Waals surface area contributed by atoms with Crippen LogP contribution < -0.4 is 4.74 Å². The van der Waals surface area contributed by atoms with Crippen molar-refractivity contribution >= 4 is 27.3 Å². The molecular weight excluding hydrogens is 282 g/mol. The Kier molecular flexibility index (Phi) is 3.97. The molecule has 1 aromatic heterocycles. The molecule has 0 saturated heterocycles. The summed E-state index contributed by atoms with van der Waals surface area (Å²) in [5.41, 5.74) is 1.63. The Morgan fingerprint density at radius 3 is 2.71 bits per heavy atom. The number of nitrogens with zero attached hydrogens (tertiary/aromatic N) is 1. The second-order valence-electron chi connectivity index (χ2n) is 4.64. The Bertz CT molecular complexity index is 746. The third kappa shape index (κ3) is 2.95. The fraction of sp³-hybridized carbons (Fsp3) is 0.176. The number of Topliss-reactive ketones (excluding diaryl/α,β-unsaturated/α-hetero) is 1. The summed E-state index contributed by atoms with van der Waals surface area (Å²) in [6.07, 6.45) is 0.474. The zero-order valence-corrected chi connectivity index (χ0v) is 12.5. The first-order chi connectivity index (χ1) is 10.3. The molecule has 2 aromatic carbocycles. The summed E-state index contributed by atoms with van der Waals surface area (Å²) >= 11 is 1.62. The van der Waals surface area contributed by atoms with Crippen LogP contribution in [0.1, 0.15) is 28.7 Å². The molecule has 0 aliphatic heterocycles. The van der Waals surface area contributed by atoms with Gasteiger partial charge in [0.05, 0.1) is 15.8 Å². The second kappa shape index (κ2) is 6.06. The van der Waals surface area contributed by atoms with Gasteiger partial charge in [0, 0.05) is 6.42 Å². The van der Waals surface area contributed by atoms with Crippen LogP contribution in [0.3, 0.4) is 0 Å². The van der Waals surface area contributed by atoms with E-state index in [1.54, 1.807) is 17.4 Å². The van der Waals surface area contributed by atoms with E-state index in [2.05, 4.69) is 4.98 Å². The molecule has 0 atom stereocenters. The van der Waals surface area contributed by atoms with Crippen LogP contribution in [0.15, 0.2) is 48.5 Å². The predicted molar refractivity (Wildman–Crippen MR) is 85.0 cm³/mol. The van der Waals surface area contributed by atoms with Gasteiger partial charge in [-0.15, -0.1) is 11.3 Å². The van der Waals surface area contributed by atoms with E-state index in [0.717, 1.165) is 15.2 Å². The molecule has 0 amide bonds. The zero-order chi connectivity index (χ0) is 14.7. The first kappa shape index (κ1) is 13.8. The van der Waals surface area contributed by atoms with Crippen molar-refractivity contribution < 1.29 is 9.53 Å². The van der Waals surface area contributed by atoms with Gasteiger partial charge in [-0.25, -0.2) is 4.98 Å². The van der Waals surface area contributed by atoms with Crippen molar-refractivity contribution in [1.29, 1.82) is 0 Å². The zero-order valence-electron chi connectivity index (χ0n) is 11.7. The van der Waals surface area contributed by atoms with Gasteiger partial charge in [-0.3, -0.25) is 4.79 Å². The number of ether oxygens (including phenoxy) is 1. The number of carbonyl (C=O) groups is 1. The number of benzene rings is 2. The molecule has 106 valence electrons. The first-order valence-electron chi connectivity index (χ1n) is 6.87. The van der Waals surface area contributed by atoms with E-state index in [9.17, 15) is 4.79 Å². The van der Waals surface area contributed by atoms with Crippen LogP contribution >= 0.6 is 11.3 Å². The number of para-hydroxylation sites is 2. The highest BCUT2D eigenvalue weighted by Gasteiger charge is 2.11. The summed E-state index contributed by atoms with van der Waals surface area (Å²) in [5, 5.41) is 0.912. The number of carbonyl (C=O) groups excluding carboxylic acids is 1. The van der Waals surface area contributed by atoms with Crippen LogP contribution in [-0.2, 0) is 6.61 Å². The Labute approximate surface area is 127 Å². The van der Waals surface area contributed by atoms with Crippen LogP contribution in [0, 0.1) is 0 Å². The summed E-state index contributed by atoms with van der Waals surface area (Å²) in [4.78, 5) is 16.4. The summed E-state index contributed by atoms with van der Waals surface area (Å²) < 4.78 is 6.95. The van der Waals surface area contributed by atoms with E-state index in [4.69, 9.17) is 4.74 Å². The smallest absolute Gasteiger partial charge is 0.166 e. The maximum Gasteiger partial charge on any atom is 0.166 e. The van der Waals surface area contributed by atoms with Crippen LogP contribution in [0.4, 0.5) is 0 Å². The second-order valence-corrected chi connectivity index (χ2v) is 5.75. The van der Waals surface area contributed by atoms with Gasteiger partial charge in [0.2, 0.25) is 0 Å². The molecule has 4 heteroatoms. The number of thiazole rings is 1. The minimum absolute atomic E-state index is 0.0925. The molecule has 0 spiro atoms. The van der Waals surface area contributed by atoms with Gasteiger partial charge in [-0.2, -0.15) is 0 Å². The van der Waals surface area contributed by atoms with Gasteiger partial charge in [0.15, 0.2) is 5.78 Å². The van der Waals surface area contributed by atoms with Gasteiger partial charge in [-0.05, 0) is 24.3 Å². The highest BCUT2D eigenvalue weighted by molar-refractivity contribution is 7.18. The van der Waals surface area contributed by atoms with E-state index >= 15 is 0 Å². The summed E-state index contributed by atoms with van der Waals surface area (Å²) in [6.45, 7) is 2.24. The lowest BCUT2D eigenvalue weighted by atomic mass is 10.1. The van der Waals surface area contributed by atoms with Crippen LogP contribution in [0.5, 0.6) is 5.75 Å². The lowest BCUT2D eigenvalue weighted by molar-refractivity contribution is 0.0983. The van der Waals surface area contributed by atoms with Gasteiger partial charge >= 0.3 is 0 Å². The molecule has 3 nitrogen and oxygen atoms in total. The Morgan fingerprint density at radius 2 is 1.90 bits per heavy atom. The number of aromatic nitrogens is 1. The van der Waals surface area contributed by atoms with Crippen molar-refractivity contribution in [2.75, 3.05) is 0 Å². The molecule has 0 bridgehead atoms. The Balaban J connectivity index is 1.80. The molecule has 0 radical (unpaired) electrons. The topological polar surface area (TPSA) is 39.2 Å². The van der Waals surface area contributed by atoms with Crippen molar-refractivity contribution in [3.63, 3.8) is 0 Å². The SMILES string of the molecule is CCC(=O)c1ccccc1OCc1nc2ccccc2s1. The molecule has 3 rings (SSSR count). The normalized spacial score (nSPS) is 10.7. The van der Waals surface area contributed by atoms with Crippen LogP contribution in [-0.4, -0.2) is 10.8 Å². The van der Waals surface area contributed by atoms with Crippen molar-refractivity contribution in [2.45, 2.75) is 20.0 Å². The Morgan fingerprint density at radius 1 is 1.14 bits per heavy atom. The van der Waals surface area contributed by atoms with Gasteiger partial charge in [0.25, 0.3) is 0 Å². The molecule has 21 heavy (non-hydrogen) atoms. The molecule has 0 unspecified atom stereocenters. The largest absolute Gasteiger partial charge is 0.486 e. The molecule has 1 heterocycles. The standard InChI is InChI=1S/C17H15NO2S/c1-2-14(19)12-7-3-5-9-15(12)20-11-17-18-13-8-4-6-10-16(13)21-17/h3-10H,2,11H2,1H3. The maximum atomic E-state index is 11.9. The third-order valence-corrected chi connectivity index (χ3v) is 4.21. The summed E-state index contributed by atoms with van der Waals surface area (Å²) in [7, 11) is 0. The van der Waals surface area contributed by atoms with Crippen molar-refractivity contribution in [3.8, 4) is 5.75 Å². The Hall–Kier alpha value is -2.20. The minimum Gasteiger partial charge on any atom is -0.486 e. The average Bonchev–Trinajstić information content (AvgIpc) is 2.95. The number of ketones is 1. The summed E-state index contributed by atoms with van der Waals surface area (Å²) in [6, 6.07) is 15.4. The number of fused-ring (bicyclic) bond motifs is 1. The third-order valence-electron chi connectivity index (χ3n) is 3.20. The highest BCUT2D eigenvalue weighted by Crippen LogP contribution is 2.25. The highest BCUT2D eigenvalue weighted by atomic mass is 32.1. The van der Waals surface area contributed by atoms with E-state index in [1.165, 1.54) is 0 Å². The monoisotopic (exact) mass is 297 g/mol. The van der Waals surface area contributed by atoms with E-state index < -0.39 is 0 Å². The molecule has 3 aromatic rings. The van der Waals surface area contributed by atoms with Crippen LogP contribution in [0.2, 0.25) is 0 Å². The van der Waals surface area contributed by atoms with Crippen LogP contribution in [0.25, 0.3) is 10.2 Å². The van der Waals surface area contributed by atoms with E-state index in [1.807, 2.05) is 49.4 Å². The van der Waals surface area contributed by atoms with E-state index in [0.29, 0.717) is 24.3 Å². The lowest BCUT2D eigenvalue weighted by Gasteiger charge is -2.08. The molecule has 0 fully saturated rings. The van der Waals surface area contributed by atoms with Gasteiger partial charge in [-0.1, -0.05) is 31.2 Å². The summed E-state index contributed by atoms with van der Waals surface area (Å²) in [5.74, 6) is 0.721. The first-order valence-corrected chi connectivity index (χ1v) is 7.69. The number of hydrogen-bond donors (Lipinski definition) is 0. The molecule has 0 N–H and O–H groups in total. The lowest BCUT2D eigenvalue weighted by Crippen LogP contribution is -2.03. The van der Waals surface area contributed by atoms with Crippen molar-refractivity contribution in [1.82, 2.24) is 4.98 Å². The van der Waals surface area contributed by atoms with Crippen molar-refractivity contribution in [3.05, 3.63) is 59.1 Å². The van der Waals surface area contributed by atoms with Gasteiger partial charge < -0.3 is 4.74 Å². The quantitative estimate of drug-likeness (QED) is 0.652. The molecule has 0 aliphatic rings. The van der Waals surface area contributed by atoms with Crippen molar-refractivity contribution in [2.24, 2.45) is 0 Å². The number of hydrogen-bond acceptors (Lipinski definition) is 4. The molecular formula is C17H15NO2S. The average molecular weight is 297 g/mol. The molecule has 0 saturated carbocycles. The van der Waals surface area contributed by atoms with E-state index in [-0.39, 0.29) is 5.78 Å². The fourth-order valence-electron chi connectivity index (χ4n) is 2.13.